The predicted molar refractivity (Wildman–Crippen MR) is 87.3 cm³/mol. The molecule has 120 valence electrons. The van der Waals surface area contributed by atoms with Gasteiger partial charge < -0.3 is 10.2 Å². The second kappa shape index (κ2) is 5.87. The Labute approximate surface area is 135 Å². The molecule has 2 amide bonds. The number of hydrogen-bond acceptors (Lipinski definition) is 3. The first-order chi connectivity index (χ1) is 11.0. The minimum atomic E-state index is -0.472. The molecule has 1 saturated heterocycles. The Morgan fingerprint density at radius 3 is 2.57 bits per heavy atom. The highest BCUT2D eigenvalue weighted by molar-refractivity contribution is 6.07. The molecule has 6 heteroatoms. The number of rotatable bonds is 4. The van der Waals surface area contributed by atoms with E-state index < -0.39 is 6.04 Å². The van der Waals surface area contributed by atoms with Gasteiger partial charge in [0.2, 0.25) is 0 Å². The number of carbonyl (C=O) groups excluding carboxylic acids is 2. The number of para-hydroxylation sites is 1. The maximum Gasteiger partial charge on any atom is 0.270 e. The van der Waals surface area contributed by atoms with E-state index in [9.17, 15) is 9.59 Å². The lowest BCUT2D eigenvalue weighted by molar-refractivity contribution is -0.124. The van der Waals surface area contributed by atoms with Crippen molar-refractivity contribution in [2.24, 2.45) is 7.05 Å². The van der Waals surface area contributed by atoms with Crippen LogP contribution >= 0.6 is 0 Å². The third-order valence-electron chi connectivity index (χ3n) is 4.03. The molecule has 23 heavy (non-hydrogen) atoms. The fourth-order valence-electron chi connectivity index (χ4n) is 2.59. The normalized spacial score (nSPS) is 17.3. The molecule has 1 aliphatic rings. The highest BCUT2D eigenvalue weighted by atomic mass is 16.2. The maximum atomic E-state index is 12.4. The monoisotopic (exact) mass is 312 g/mol. The van der Waals surface area contributed by atoms with Crippen LogP contribution in [0.4, 0.5) is 5.69 Å². The van der Waals surface area contributed by atoms with Crippen molar-refractivity contribution in [3.63, 3.8) is 0 Å². The van der Waals surface area contributed by atoms with E-state index in [1.807, 2.05) is 44.2 Å². The molecule has 1 aromatic carbocycles. The van der Waals surface area contributed by atoms with Crippen LogP contribution in [0.5, 0.6) is 0 Å². The molecule has 1 fully saturated rings. The Balaban J connectivity index is 1.65. The van der Waals surface area contributed by atoms with Crippen molar-refractivity contribution >= 4 is 17.5 Å². The second-order valence-corrected chi connectivity index (χ2v) is 6.04. The second-order valence-electron chi connectivity index (χ2n) is 6.04. The van der Waals surface area contributed by atoms with Crippen molar-refractivity contribution in [1.29, 1.82) is 0 Å². The van der Waals surface area contributed by atoms with Gasteiger partial charge in [-0.2, -0.15) is 5.10 Å². The average molecular weight is 312 g/mol. The highest BCUT2D eigenvalue weighted by Gasteiger charge is 2.39. The molecule has 3 rings (SSSR count). The zero-order valence-corrected chi connectivity index (χ0v) is 13.5. The summed E-state index contributed by atoms with van der Waals surface area (Å²) in [4.78, 5) is 26.2. The third kappa shape index (κ3) is 2.84. The molecule has 1 aliphatic heterocycles. The van der Waals surface area contributed by atoms with Gasteiger partial charge in [0, 0.05) is 12.7 Å². The first-order valence-corrected chi connectivity index (χ1v) is 7.68. The molecule has 1 atom stereocenters. The lowest BCUT2D eigenvalue weighted by Crippen LogP contribution is -2.64. The van der Waals surface area contributed by atoms with Crippen LogP contribution in [0.1, 0.15) is 35.9 Å². The van der Waals surface area contributed by atoms with Crippen LogP contribution in [0, 0.1) is 0 Å². The van der Waals surface area contributed by atoms with E-state index >= 15 is 0 Å². The molecule has 0 spiro atoms. The zero-order valence-electron chi connectivity index (χ0n) is 13.5. The van der Waals surface area contributed by atoms with Gasteiger partial charge in [-0.05, 0) is 24.1 Å². The molecular formula is C17H20N4O2. The zero-order chi connectivity index (χ0) is 16.6. The summed E-state index contributed by atoms with van der Waals surface area (Å²) >= 11 is 0. The van der Waals surface area contributed by atoms with Gasteiger partial charge in [-0.15, -0.1) is 0 Å². The number of β-lactam (4-membered cyclic amide) rings is 1. The Bertz CT molecular complexity index is 736. The smallest absolute Gasteiger partial charge is 0.270 e. The van der Waals surface area contributed by atoms with Crippen LogP contribution in [0.15, 0.2) is 36.4 Å². The number of aryl methyl sites for hydroxylation is 1. The SMILES string of the molecule is CC(C)c1cc(C(=O)NC2CN(c3ccccc3)C2=O)n(C)n1. The predicted octanol–water partition coefficient (Wildman–Crippen LogP) is 1.69. The van der Waals surface area contributed by atoms with E-state index in [0.717, 1.165) is 11.4 Å². The van der Waals surface area contributed by atoms with Crippen molar-refractivity contribution in [3.05, 3.63) is 47.8 Å². The van der Waals surface area contributed by atoms with Gasteiger partial charge in [-0.3, -0.25) is 14.3 Å². The number of hydrogen-bond donors (Lipinski definition) is 1. The van der Waals surface area contributed by atoms with Gasteiger partial charge in [-0.1, -0.05) is 32.0 Å². The van der Waals surface area contributed by atoms with Crippen LogP contribution < -0.4 is 10.2 Å². The van der Waals surface area contributed by atoms with E-state index in [2.05, 4.69) is 10.4 Å². The number of carbonyl (C=O) groups is 2. The van der Waals surface area contributed by atoms with Gasteiger partial charge in [0.25, 0.3) is 11.8 Å². The van der Waals surface area contributed by atoms with E-state index in [4.69, 9.17) is 0 Å². The van der Waals surface area contributed by atoms with Gasteiger partial charge in [0.05, 0.1) is 12.2 Å². The molecule has 0 aliphatic carbocycles. The summed E-state index contributed by atoms with van der Waals surface area (Å²) in [7, 11) is 1.74. The highest BCUT2D eigenvalue weighted by Crippen LogP contribution is 2.22. The van der Waals surface area contributed by atoms with Crippen LogP contribution in [0.3, 0.4) is 0 Å². The molecule has 2 aromatic rings. The van der Waals surface area contributed by atoms with E-state index in [1.165, 1.54) is 0 Å². The average Bonchev–Trinajstić information content (AvgIpc) is 2.93. The molecule has 0 bridgehead atoms. The summed E-state index contributed by atoms with van der Waals surface area (Å²) in [6, 6.07) is 10.7. The molecule has 1 unspecified atom stereocenters. The van der Waals surface area contributed by atoms with E-state index in [-0.39, 0.29) is 17.7 Å². The van der Waals surface area contributed by atoms with Crippen LogP contribution in [-0.2, 0) is 11.8 Å². The van der Waals surface area contributed by atoms with Gasteiger partial charge >= 0.3 is 0 Å². The molecule has 1 aromatic heterocycles. The lowest BCUT2D eigenvalue weighted by atomic mass is 10.1. The third-order valence-corrected chi connectivity index (χ3v) is 4.03. The van der Waals surface area contributed by atoms with Gasteiger partial charge in [0.15, 0.2) is 0 Å². The Morgan fingerprint density at radius 2 is 2.00 bits per heavy atom. The summed E-state index contributed by atoms with van der Waals surface area (Å²) < 4.78 is 1.56. The summed E-state index contributed by atoms with van der Waals surface area (Å²) in [5.74, 6) is -0.101. The number of nitrogens with zero attached hydrogens (tertiary/aromatic N) is 3. The lowest BCUT2D eigenvalue weighted by Gasteiger charge is -2.38. The van der Waals surface area contributed by atoms with Crippen LogP contribution in [0.25, 0.3) is 0 Å². The Hall–Kier alpha value is -2.63. The quantitative estimate of drug-likeness (QED) is 0.874. The van der Waals surface area contributed by atoms with Gasteiger partial charge in [-0.25, -0.2) is 0 Å². The van der Waals surface area contributed by atoms with E-state index in [1.54, 1.807) is 22.7 Å². The van der Waals surface area contributed by atoms with Crippen molar-refractivity contribution in [1.82, 2.24) is 15.1 Å². The topological polar surface area (TPSA) is 67.2 Å². The maximum absolute atomic E-state index is 12.4. The van der Waals surface area contributed by atoms with Crippen molar-refractivity contribution in [3.8, 4) is 0 Å². The number of aromatic nitrogens is 2. The molecule has 2 heterocycles. The molecule has 0 saturated carbocycles. The Morgan fingerprint density at radius 1 is 1.30 bits per heavy atom. The molecule has 0 radical (unpaired) electrons. The number of amides is 2. The van der Waals surface area contributed by atoms with Gasteiger partial charge in [0.1, 0.15) is 11.7 Å². The molecule has 1 N–H and O–H groups in total. The fraction of sp³-hybridized carbons (Fsp3) is 0.353. The summed E-state index contributed by atoms with van der Waals surface area (Å²) in [5, 5.41) is 7.11. The minimum Gasteiger partial charge on any atom is -0.337 e. The number of anilines is 1. The van der Waals surface area contributed by atoms with Crippen molar-refractivity contribution in [2.45, 2.75) is 25.8 Å². The summed E-state index contributed by atoms with van der Waals surface area (Å²) in [6.07, 6.45) is 0. The van der Waals surface area contributed by atoms with Crippen molar-refractivity contribution < 1.29 is 9.59 Å². The summed E-state index contributed by atoms with van der Waals surface area (Å²) in [5.41, 5.74) is 2.19. The Kier molecular flexibility index (Phi) is 3.90. The number of benzene rings is 1. The largest absolute Gasteiger partial charge is 0.337 e. The first-order valence-electron chi connectivity index (χ1n) is 7.68. The number of nitrogens with one attached hydrogen (secondary N) is 1. The fourth-order valence-corrected chi connectivity index (χ4v) is 2.59. The summed E-state index contributed by atoms with van der Waals surface area (Å²) in [6.45, 7) is 4.54. The van der Waals surface area contributed by atoms with Crippen LogP contribution in [-0.4, -0.2) is 34.2 Å². The van der Waals surface area contributed by atoms with Crippen molar-refractivity contribution in [2.75, 3.05) is 11.4 Å². The minimum absolute atomic E-state index is 0.0872. The van der Waals surface area contributed by atoms with Crippen LogP contribution in [0.2, 0.25) is 0 Å². The standard InChI is InChI=1S/C17H20N4O2/c1-11(2)13-9-15(20(3)19-13)16(22)18-14-10-21(17(14)23)12-7-5-4-6-8-12/h4-9,11,14H,10H2,1-3H3,(H,18,22). The molecule has 6 nitrogen and oxygen atoms in total. The first kappa shape index (κ1) is 15.3. The van der Waals surface area contributed by atoms with E-state index in [0.29, 0.717) is 12.2 Å². The molecular weight excluding hydrogens is 292 g/mol.